The van der Waals surface area contributed by atoms with E-state index in [0.29, 0.717) is 15.3 Å². The van der Waals surface area contributed by atoms with Crippen molar-refractivity contribution < 1.29 is 9.21 Å². The summed E-state index contributed by atoms with van der Waals surface area (Å²) in [6, 6.07) is 3.38. The summed E-state index contributed by atoms with van der Waals surface area (Å²) in [6.45, 7) is 0.483. The van der Waals surface area contributed by atoms with Crippen molar-refractivity contribution in [3.63, 3.8) is 0 Å². The van der Waals surface area contributed by atoms with Gasteiger partial charge in [0.25, 0.3) is 0 Å². The molecule has 2 aromatic rings. The van der Waals surface area contributed by atoms with Gasteiger partial charge >= 0.3 is 6.03 Å². The molecule has 5 nitrogen and oxygen atoms in total. The Morgan fingerprint density at radius 3 is 2.85 bits per heavy atom. The van der Waals surface area contributed by atoms with Gasteiger partial charge in [-0.2, -0.15) is 4.99 Å². The van der Waals surface area contributed by atoms with Crippen LogP contribution in [-0.4, -0.2) is 26.8 Å². The Balaban J connectivity index is 2.33. The molecule has 10 heteroatoms. The van der Waals surface area contributed by atoms with Crippen molar-refractivity contribution >= 4 is 62.8 Å². The fourth-order valence-corrected chi connectivity index (χ4v) is 4.76. The summed E-state index contributed by atoms with van der Waals surface area (Å²) in [7, 11) is 2.81. The van der Waals surface area contributed by atoms with E-state index in [4.69, 9.17) is 16.6 Å². The highest BCUT2D eigenvalue weighted by Gasteiger charge is 2.11. The number of nitrogens with zero attached hydrogens (tertiary/aromatic N) is 3. The van der Waals surface area contributed by atoms with Gasteiger partial charge in [0.1, 0.15) is 5.76 Å². The van der Waals surface area contributed by atoms with Crippen molar-refractivity contribution in [1.82, 2.24) is 8.28 Å². The van der Waals surface area contributed by atoms with Gasteiger partial charge in [0.15, 0.2) is 3.95 Å². The SMILES string of the molecule is CSN(SC)C(=O)/N=c1\ssc(=S)n1Cc1ccco1. The van der Waals surface area contributed by atoms with Crippen LogP contribution in [0.3, 0.4) is 0 Å². The molecule has 0 saturated carbocycles. The topological polar surface area (TPSA) is 50.7 Å². The minimum absolute atomic E-state index is 0.303. The van der Waals surface area contributed by atoms with Crippen LogP contribution in [0.1, 0.15) is 5.76 Å². The van der Waals surface area contributed by atoms with E-state index in [2.05, 4.69) is 4.99 Å². The smallest absolute Gasteiger partial charge is 0.366 e. The van der Waals surface area contributed by atoms with Gasteiger partial charge in [-0.1, -0.05) is 0 Å². The normalized spacial score (nSPS) is 11.8. The molecule has 2 heterocycles. The molecule has 0 aliphatic rings. The highest BCUT2D eigenvalue weighted by Crippen LogP contribution is 2.17. The molecule has 0 aliphatic heterocycles. The number of urea groups is 1. The van der Waals surface area contributed by atoms with E-state index in [1.54, 1.807) is 10.8 Å². The monoisotopic (exact) mass is 365 g/mol. The van der Waals surface area contributed by atoms with E-state index in [9.17, 15) is 4.79 Å². The number of furan rings is 1. The van der Waals surface area contributed by atoms with E-state index in [0.717, 1.165) is 5.76 Å². The summed E-state index contributed by atoms with van der Waals surface area (Å²) in [5.41, 5.74) is 0. The molecule has 0 bridgehead atoms. The van der Waals surface area contributed by atoms with E-state index in [-0.39, 0.29) is 6.03 Å². The maximum atomic E-state index is 12.0. The molecule has 0 fully saturated rings. The molecule has 2 aromatic heterocycles. The first-order valence-electron chi connectivity index (χ1n) is 5.35. The second-order valence-electron chi connectivity index (χ2n) is 3.40. The van der Waals surface area contributed by atoms with Crippen molar-refractivity contribution in [2.24, 2.45) is 4.99 Å². The van der Waals surface area contributed by atoms with Crippen molar-refractivity contribution in [1.29, 1.82) is 0 Å². The Hall–Kier alpha value is -0.550. The molecule has 0 atom stereocenters. The van der Waals surface area contributed by atoms with Crippen LogP contribution in [0.4, 0.5) is 4.79 Å². The predicted octanol–water partition coefficient (Wildman–Crippen LogP) is 3.86. The van der Waals surface area contributed by atoms with Gasteiger partial charge < -0.3 is 4.42 Å². The molecular weight excluding hydrogens is 354 g/mol. The Labute approximate surface area is 137 Å². The van der Waals surface area contributed by atoms with Crippen LogP contribution in [0.15, 0.2) is 27.8 Å². The molecule has 0 radical (unpaired) electrons. The summed E-state index contributed by atoms with van der Waals surface area (Å²) in [6.07, 6.45) is 5.27. The molecule has 0 saturated heterocycles. The minimum atomic E-state index is -0.303. The lowest BCUT2D eigenvalue weighted by atomic mass is 10.4. The first-order chi connectivity index (χ1) is 9.65. The summed E-state index contributed by atoms with van der Waals surface area (Å²) in [4.78, 5) is 16.7. The Morgan fingerprint density at radius 1 is 1.50 bits per heavy atom. The Morgan fingerprint density at radius 2 is 2.25 bits per heavy atom. The van der Waals surface area contributed by atoms with E-state index >= 15 is 0 Å². The fourth-order valence-electron chi connectivity index (χ4n) is 1.36. The third-order valence-electron chi connectivity index (χ3n) is 2.21. The lowest BCUT2D eigenvalue weighted by Gasteiger charge is -2.11. The van der Waals surface area contributed by atoms with E-state index in [1.165, 1.54) is 48.3 Å². The zero-order chi connectivity index (χ0) is 14.5. The zero-order valence-corrected chi connectivity index (χ0v) is 14.7. The largest absolute Gasteiger partial charge is 0.467 e. The molecule has 0 N–H and O–H groups in total. The Kier molecular flexibility index (Phi) is 5.90. The quantitative estimate of drug-likeness (QED) is 0.468. The van der Waals surface area contributed by atoms with Gasteiger partial charge in [0.2, 0.25) is 4.80 Å². The van der Waals surface area contributed by atoms with Crippen molar-refractivity contribution in [3.05, 3.63) is 32.9 Å². The number of aromatic nitrogens is 1. The maximum absolute atomic E-state index is 12.0. The highest BCUT2D eigenvalue weighted by molar-refractivity contribution is 8.12. The van der Waals surface area contributed by atoms with Gasteiger partial charge in [-0.05, 0) is 68.9 Å². The minimum Gasteiger partial charge on any atom is -0.467 e. The number of hydrogen-bond acceptors (Lipinski definition) is 7. The number of carbonyl (C=O) groups is 1. The predicted molar refractivity (Wildman–Crippen MR) is 88.7 cm³/mol. The maximum Gasteiger partial charge on any atom is 0.366 e. The second-order valence-corrected chi connectivity index (χ2v) is 7.82. The Bertz CT molecular complexity index is 680. The molecule has 0 aromatic carbocycles. The average Bonchev–Trinajstić information content (AvgIpc) is 3.05. The van der Waals surface area contributed by atoms with E-state index < -0.39 is 0 Å². The van der Waals surface area contributed by atoms with Crippen LogP contribution in [0, 0.1) is 3.95 Å². The van der Waals surface area contributed by atoms with Crippen LogP contribution >= 0.6 is 56.8 Å². The van der Waals surface area contributed by atoms with Crippen molar-refractivity contribution in [2.75, 3.05) is 12.5 Å². The molecule has 0 spiro atoms. The third-order valence-corrected chi connectivity index (χ3v) is 6.95. The van der Waals surface area contributed by atoms with Crippen molar-refractivity contribution in [3.8, 4) is 0 Å². The van der Waals surface area contributed by atoms with Crippen LogP contribution in [0.25, 0.3) is 0 Å². The number of hydrogen-bond donors (Lipinski definition) is 0. The van der Waals surface area contributed by atoms with Gasteiger partial charge in [-0.15, -0.1) is 0 Å². The number of carbonyl (C=O) groups excluding carboxylic acids is 1. The first-order valence-corrected chi connectivity index (χ1v) is 10.3. The first kappa shape index (κ1) is 15.8. The summed E-state index contributed by atoms with van der Waals surface area (Å²) >= 11 is 7.92. The van der Waals surface area contributed by atoms with Gasteiger partial charge in [0, 0.05) is 12.5 Å². The summed E-state index contributed by atoms with van der Waals surface area (Å²) < 4.78 is 9.30. The van der Waals surface area contributed by atoms with Crippen LogP contribution in [-0.2, 0) is 6.54 Å². The number of rotatable bonds is 4. The van der Waals surface area contributed by atoms with Crippen LogP contribution in [0.5, 0.6) is 0 Å². The average molecular weight is 366 g/mol. The number of amides is 2. The molecular formula is C10H11N3O2S5. The van der Waals surface area contributed by atoms with Crippen LogP contribution in [0.2, 0.25) is 0 Å². The fraction of sp³-hybridized carbons (Fsp3) is 0.300. The lowest BCUT2D eigenvalue weighted by Crippen LogP contribution is -2.21. The molecule has 2 amide bonds. The van der Waals surface area contributed by atoms with E-state index in [1.807, 2.05) is 24.6 Å². The molecule has 20 heavy (non-hydrogen) atoms. The standard InChI is InChI=1S/C10H11N3O2S5/c1-17-13(18-2)8(14)11-9-12(10(16)20-19-9)6-7-4-3-5-15-7/h3-5H,6H2,1-2H3/b11-9-. The van der Waals surface area contributed by atoms with Crippen LogP contribution < -0.4 is 4.80 Å². The highest BCUT2D eigenvalue weighted by atomic mass is 32.9. The van der Waals surface area contributed by atoms with Gasteiger partial charge in [-0.3, -0.25) is 4.57 Å². The van der Waals surface area contributed by atoms with Gasteiger partial charge in [-0.25, -0.2) is 8.51 Å². The molecule has 108 valence electrons. The molecule has 0 unspecified atom stereocenters. The molecule has 0 aliphatic carbocycles. The third kappa shape index (κ3) is 3.76. The summed E-state index contributed by atoms with van der Waals surface area (Å²) in [5.74, 6) is 0.780. The summed E-state index contributed by atoms with van der Waals surface area (Å²) in [5, 5.41) is 0. The second kappa shape index (κ2) is 7.46. The zero-order valence-electron chi connectivity index (χ0n) is 10.6. The van der Waals surface area contributed by atoms with Gasteiger partial charge in [0.05, 0.1) is 12.8 Å². The molecule has 2 rings (SSSR count). The lowest BCUT2D eigenvalue weighted by molar-refractivity contribution is 0.246. The van der Waals surface area contributed by atoms with Crippen molar-refractivity contribution in [2.45, 2.75) is 6.54 Å².